The number of nitrogens with zero attached hydrogens (tertiary/aromatic N) is 1. The molecule has 3 unspecified atom stereocenters. The van der Waals surface area contributed by atoms with E-state index in [0.717, 1.165) is 44.0 Å². The van der Waals surface area contributed by atoms with Gasteiger partial charge in [0.05, 0.1) is 12.1 Å². The number of hydrogen-bond acceptors (Lipinski definition) is 3. The predicted octanol–water partition coefficient (Wildman–Crippen LogP) is 3.62. The number of piperidine rings is 1. The fourth-order valence-electron chi connectivity index (χ4n) is 3.23. The second kappa shape index (κ2) is 8.14. The Bertz CT molecular complexity index is 439. The minimum absolute atomic E-state index is 0.115. The molecule has 0 saturated carbocycles. The molecule has 4 heteroatoms. The van der Waals surface area contributed by atoms with Gasteiger partial charge in [0.15, 0.2) is 0 Å². The van der Waals surface area contributed by atoms with Crippen LogP contribution in [0.2, 0.25) is 5.02 Å². The molecule has 0 radical (unpaired) electrons. The second-order valence-electron chi connectivity index (χ2n) is 5.79. The third-order valence-electron chi connectivity index (χ3n) is 4.27. The average molecular weight is 311 g/mol. The van der Waals surface area contributed by atoms with E-state index >= 15 is 0 Å². The Morgan fingerprint density at radius 3 is 2.90 bits per heavy atom. The van der Waals surface area contributed by atoms with Crippen LogP contribution in [0, 0.1) is 0 Å². The number of halogens is 1. The van der Waals surface area contributed by atoms with Gasteiger partial charge in [0.2, 0.25) is 0 Å². The van der Waals surface area contributed by atoms with Crippen LogP contribution in [0.25, 0.3) is 0 Å². The highest BCUT2D eigenvalue weighted by molar-refractivity contribution is 6.30. The van der Waals surface area contributed by atoms with Crippen molar-refractivity contribution in [1.29, 1.82) is 0 Å². The van der Waals surface area contributed by atoms with Crippen LogP contribution in [0.15, 0.2) is 24.3 Å². The summed E-state index contributed by atoms with van der Waals surface area (Å²) in [6, 6.07) is 8.44. The topological polar surface area (TPSA) is 38.5 Å². The summed E-state index contributed by atoms with van der Waals surface area (Å²) in [5, 5.41) is 0.777. The summed E-state index contributed by atoms with van der Waals surface area (Å²) in [6.07, 6.45) is 3.59. The Kier molecular flexibility index (Phi) is 6.49. The van der Waals surface area contributed by atoms with Gasteiger partial charge >= 0.3 is 0 Å². The molecule has 1 fully saturated rings. The van der Waals surface area contributed by atoms with Crippen molar-refractivity contribution in [2.75, 3.05) is 19.7 Å². The van der Waals surface area contributed by atoms with Crippen molar-refractivity contribution in [1.82, 2.24) is 4.90 Å². The zero-order chi connectivity index (χ0) is 15.2. The fourth-order valence-corrected chi connectivity index (χ4v) is 3.43. The molecule has 0 bridgehead atoms. The molecule has 1 saturated heterocycles. The highest BCUT2D eigenvalue weighted by Gasteiger charge is 2.30. The molecule has 21 heavy (non-hydrogen) atoms. The Labute approximate surface area is 133 Å². The number of rotatable bonds is 6. The molecule has 0 aliphatic carbocycles. The molecule has 3 nitrogen and oxygen atoms in total. The zero-order valence-electron chi connectivity index (χ0n) is 13.1. The summed E-state index contributed by atoms with van der Waals surface area (Å²) in [5.41, 5.74) is 7.64. The van der Waals surface area contributed by atoms with E-state index in [1.54, 1.807) is 0 Å². The van der Waals surface area contributed by atoms with E-state index in [2.05, 4.69) is 24.8 Å². The molecule has 1 aliphatic rings. The number of hydrogen-bond donors (Lipinski definition) is 1. The van der Waals surface area contributed by atoms with E-state index in [9.17, 15) is 0 Å². The first-order valence-corrected chi connectivity index (χ1v) is 8.40. The van der Waals surface area contributed by atoms with Gasteiger partial charge in [0.25, 0.3) is 0 Å². The van der Waals surface area contributed by atoms with Crippen molar-refractivity contribution in [2.45, 2.75) is 51.3 Å². The van der Waals surface area contributed by atoms with Crippen LogP contribution >= 0.6 is 11.6 Å². The van der Waals surface area contributed by atoms with E-state index in [-0.39, 0.29) is 12.1 Å². The summed E-state index contributed by atoms with van der Waals surface area (Å²) in [7, 11) is 0. The van der Waals surface area contributed by atoms with Crippen LogP contribution in [0.5, 0.6) is 0 Å². The van der Waals surface area contributed by atoms with E-state index in [1.807, 2.05) is 18.2 Å². The van der Waals surface area contributed by atoms with Crippen LogP contribution in [0.1, 0.15) is 44.7 Å². The highest BCUT2D eigenvalue weighted by atomic mass is 35.5. The van der Waals surface area contributed by atoms with Crippen molar-refractivity contribution in [2.24, 2.45) is 5.73 Å². The second-order valence-corrected chi connectivity index (χ2v) is 6.22. The lowest BCUT2D eigenvalue weighted by Gasteiger charge is -2.40. The Balaban J connectivity index is 2.19. The largest absolute Gasteiger partial charge is 0.377 e. The third kappa shape index (κ3) is 4.43. The smallest absolute Gasteiger partial charge is 0.0702 e. The van der Waals surface area contributed by atoms with Crippen LogP contribution in [-0.4, -0.2) is 36.7 Å². The standard InChI is InChI=1S/C17H27ClN2O/c1-3-16(19)17(13-7-5-8-14(18)11-13)20-10-6-9-15(12-20)21-4-2/h5,7-8,11,15-17H,3-4,6,9-10,12,19H2,1-2H3. The molecule has 2 rings (SSSR count). The number of ether oxygens (including phenoxy) is 1. The van der Waals surface area contributed by atoms with Gasteiger partial charge in [0.1, 0.15) is 0 Å². The molecule has 2 N–H and O–H groups in total. The summed E-state index contributed by atoms with van der Waals surface area (Å²) in [5.74, 6) is 0. The first-order valence-electron chi connectivity index (χ1n) is 8.02. The van der Waals surface area contributed by atoms with Gasteiger partial charge in [-0.3, -0.25) is 4.90 Å². The molecule has 1 aliphatic heterocycles. The molecule has 1 aromatic carbocycles. The normalized spacial score (nSPS) is 23.0. The summed E-state index contributed by atoms with van der Waals surface area (Å²) in [4.78, 5) is 2.48. The SMILES string of the molecule is CCOC1CCCN(C(c2cccc(Cl)c2)C(N)CC)C1. The van der Waals surface area contributed by atoms with Gasteiger partial charge in [-0.05, 0) is 50.4 Å². The molecule has 1 heterocycles. The van der Waals surface area contributed by atoms with Gasteiger partial charge in [-0.15, -0.1) is 0 Å². The first kappa shape index (κ1) is 16.8. The summed E-state index contributed by atoms with van der Waals surface area (Å²) >= 11 is 6.17. The molecule has 0 aromatic heterocycles. The lowest BCUT2D eigenvalue weighted by atomic mass is 9.94. The van der Waals surface area contributed by atoms with E-state index in [4.69, 9.17) is 22.1 Å². The van der Waals surface area contributed by atoms with Crippen LogP contribution in [0.3, 0.4) is 0 Å². The van der Waals surface area contributed by atoms with Crippen LogP contribution in [0.4, 0.5) is 0 Å². The Morgan fingerprint density at radius 1 is 1.43 bits per heavy atom. The molecule has 0 amide bonds. The lowest BCUT2D eigenvalue weighted by Crippen LogP contribution is -2.47. The highest BCUT2D eigenvalue weighted by Crippen LogP contribution is 2.30. The molecular formula is C17H27ClN2O. The molecule has 118 valence electrons. The van der Waals surface area contributed by atoms with Crippen molar-refractivity contribution < 1.29 is 4.74 Å². The monoisotopic (exact) mass is 310 g/mol. The maximum absolute atomic E-state index is 6.42. The lowest BCUT2D eigenvalue weighted by molar-refractivity contribution is -0.0116. The molecule has 3 atom stereocenters. The molecule has 1 aromatic rings. The third-order valence-corrected chi connectivity index (χ3v) is 4.51. The maximum Gasteiger partial charge on any atom is 0.0702 e. The summed E-state index contributed by atoms with van der Waals surface area (Å²) in [6.45, 7) is 7.02. The van der Waals surface area contributed by atoms with Gasteiger partial charge in [-0.25, -0.2) is 0 Å². The van der Waals surface area contributed by atoms with Crippen LogP contribution < -0.4 is 5.73 Å². The van der Waals surface area contributed by atoms with Crippen molar-refractivity contribution >= 4 is 11.6 Å². The quantitative estimate of drug-likeness (QED) is 0.872. The number of benzene rings is 1. The maximum atomic E-state index is 6.42. The molecular weight excluding hydrogens is 284 g/mol. The van der Waals surface area contributed by atoms with E-state index in [0.29, 0.717) is 6.10 Å². The number of nitrogens with two attached hydrogens (primary N) is 1. The summed E-state index contributed by atoms with van der Waals surface area (Å²) < 4.78 is 5.83. The zero-order valence-corrected chi connectivity index (χ0v) is 13.9. The van der Waals surface area contributed by atoms with Crippen molar-refractivity contribution in [3.63, 3.8) is 0 Å². The van der Waals surface area contributed by atoms with E-state index in [1.165, 1.54) is 5.56 Å². The minimum atomic E-state index is 0.115. The number of likely N-dealkylation sites (tertiary alicyclic amines) is 1. The first-order chi connectivity index (χ1) is 10.2. The fraction of sp³-hybridized carbons (Fsp3) is 0.647. The Morgan fingerprint density at radius 2 is 2.24 bits per heavy atom. The van der Waals surface area contributed by atoms with Crippen molar-refractivity contribution in [3.8, 4) is 0 Å². The van der Waals surface area contributed by atoms with Gasteiger partial charge in [0, 0.05) is 24.2 Å². The van der Waals surface area contributed by atoms with Gasteiger partial charge in [-0.2, -0.15) is 0 Å². The van der Waals surface area contributed by atoms with E-state index < -0.39 is 0 Å². The average Bonchev–Trinajstić information content (AvgIpc) is 2.48. The predicted molar refractivity (Wildman–Crippen MR) is 88.7 cm³/mol. The van der Waals surface area contributed by atoms with Gasteiger partial charge in [-0.1, -0.05) is 30.7 Å². The van der Waals surface area contributed by atoms with Crippen molar-refractivity contribution in [3.05, 3.63) is 34.9 Å². The molecule has 0 spiro atoms. The minimum Gasteiger partial charge on any atom is -0.377 e. The van der Waals surface area contributed by atoms with Crippen LogP contribution in [-0.2, 0) is 4.74 Å². The van der Waals surface area contributed by atoms with Gasteiger partial charge < -0.3 is 10.5 Å². The Hall–Kier alpha value is -0.610.